The first-order valence-electron chi connectivity index (χ1n) is 5.04. The summed E-state index contributed by atoms with van der Waals surface area (Å²) in [5.41, 5.74) is 5.70. The number of nitrogens with two attached hydrogens (primary N) is 1. The van der Waals surface area contributed by atoms with Crippen molar-refractivity contribution in [2.24, 2.45) is 0 Å². The van der Waals surface area contributed by atoms with Crippen LogP contribution in [0.4, 0.5) is 15.8 Å². The fraction of sp³-hybridized carbons (Fsp3) is 0.364. The average Bonchev–Trinajstić information content (AvgIpc) is 2.19. The zero-order valence-corrected chi connectivity index (χ0v) is 9.64. The maximum atomic E-state index is 13.5. The van der Waals surface area contributed by atoms with Gasteiger partial charge in [-0.15, -0.1) is 0 Å². The molecule has 1 aromatic rings. The van der Waals surface area contributed by atoms with Crippen molar-refractivity contribution in [2.45, 2.75) is 13.0 Å². The SMILES string of the molecule is CC(O)CN(C)c1cc(F)c(C(=O)O)cc1N. The number of aliphatic hydroxyl groups excluding tert-OH is 1. The number of nitrogens with zero attached hydrogens (tertiary/aromatic N) is 1. The molecule has 1 aromatic carbocycles. The molecule has 94 valence electrons. The van der Waals surface area contributed by atoms with Gasteiger partial charge in [-0.25, -0.2) is 9.18 Å². The molecule has 1 atom stereocenters. The third kappa shape index (κ3) is 3.07. The summed E-state index contributed by atoms with van der Waals surface area (Å²) in [5, 5.41) is 17.9. The number of benzene rings is 1. The topological polar surface area (TPSA) is 86.8 Å². The zero-order chi connectivity index (χ0) is 13.2. The Labute approximate surface area is 98.3 Å². The van der Waals surface area contributed by atoms with E-state index < -0.39 is 23.5 Å². The molecule has 1 rings (SSSR count). The number of rotatable bonds is 4. The van der Waals surface area contributed by atoms with Crippen LogP contribution < -0.4 is 10.6 Å². The van der Waals surface area contributed by atoms with Crippen LogP contribution in [0.25, 0.3) is 0 Å². The minimum absolute atomic E-state index is 0.159. The molecular weight excluding hydrogens is 227 g/mol. The molecule has 0 fully saturated rings. The molecule has 0 aromatic heterocycles. The summed E-state index contributed by atoms with van der Waals surface area (Å²) in [6, 6.07) is 2.13. The number of halogens is 1. The Bertz CT molecular complexity index is 435. The van der Waals surface area contributed by atoms with Crippen LogP contribution in [0.15, 0.2) is 12.1 Å². The van der Waals surface area contributed by atoms with Gasteiger partial charge in [-0.3, -0.25) is 0 Å². The maximum absolute atomic E-state index is 13.5. The minimum Gasteiger partial charge on any atom is -0.478 e. The van der Waals surface area contributed by atoms with Gasteiger partial charge in [-0.2, -0.15) is 0 Å². The van der Waals surface area contributed by atoms with Crippen molar-refractivity contribution >= 4 is 17.3 Å². The number of likely N-dealkylation sites (N-methyl/N-ethyl adjacent to an activating group) is 1. The van der Waals surface area contributed by atoms with Gasteiger partial charge in [0.1, 0.15) is 5.82 Å². The van der Waals surface area contributed by atoms with Gasteiger partial charge in [0.15, 0.2) is 0 Å². The summed E-state index contributed by atoms with van der Waals surface area (Å²) >= 11 is 0. The van der Waals surface area contributed by atoms with Crippen LogP contribution in [0.1, 0.15) is 17.3 Å². The number of carboxylic acid groups (broad SMARTS) is 1. The highest BCUT2D eigenvalue weighted by Gasteiger charge is 2.16. The van der Waals surface area contributed by atoms with Crippen molar-refractivity contribution in [3.05, 3.63) is 23.5 Å². The van der Waals surface area contributed by atoms with E-state index >= 15 is 0 Å². The van der Waals surface area contributed by atoms with E-state index in [1.54, 1.807) is 18.9 Å². The maximum Gasteiger partial charge on any atom is 0.338 e. The largest absolute Gasteiger partial charge is 0.478 e. The molecular formula is C11H15FN2O3. The molecule has 5 nitrogen and oxygen atoms in total. The zero-order valence-electron chi connectivity index (χ0n) is 9.64. The Morgan fingerprint density at radius 3 is 2.65 bits per heavy atom. The molecule has 0 aliphatic heterocycles. The van der Waals surface area contributed by atoms with Crippen LogP contribution >= 0.6 is 0 Å². The smallest absolute Gasteiger partial charge is 0.338 e. The summed E-state index contributed by atoms with van der Waals surface area (Å²) in [6.07, 6.45) is -0.596. The van der Waals surface area contributed by atoms with E-state index in [4.69, 9.17) is 10.8 Å². The lowest BCUT2D eigenvalue weighted by Gasteiger charge is -2.22. The van der Waals surface area contributed by atoms with Crippen LogP contribution in [-0.2, 0) is 0 Å². The number of hydrogen-bond acceptors (Lipinski definition) is 4. The first-order chi connectivity index (χ1) is 7.82. The number of aromatic carboxylic acids is 1. The van der Waals surface area contributed by atoms with E-state index in [0.29, 0.717) is 5.69 Å². The molecule has 0 radical (unpaired) electrons. The second-order valence-corrected chi connectivity index (χ2v) is 3.93. The van der Waals surface area contributed by atoms with Gasteiger partial charge in [0.25, 0.3) is 0 Å². The van der Waals surface area contributed by atoms with E-state index in [9.17, 15) is 14.3 Å². The monoisotopic (exact) mass is 242 g/mol. The first kappa shape index (κ1) is 13.2. The third-order valence-corrected chi connectivity index (χ3v) is 2.30. The van der Waals surface area contributed by atoms with Gasteiger partial charge in [-0.1, -0.05) is 0 Å². The number of aliphatic hydroxyl groups is 1. The Kier molecular flexibility index (Phi) is 3.90. The highest BCUT2D eigenvalue weighted by Crippen LogP contribution is 2.26. The summed E-state index contributed by atoms with van der Waals surface area (Å²) in [6.45, 7) is 1.87. The summed E-state index contributed by atoms with van der Waals surface area (Å²) < 4.78 is 13.5. The summed E-state index contributed by atoms with van der Waals surface area (Å²) in [7, 11) is 1.64. The van der Waals surface area contributed by atoms with Crippen molar-refractivity contribution in [3.63, 3.8) is 0 Å². The highest BCUT2D eigenvalue weighted by atomic mass is 19.1. The van der Waals surface area contributed by atoms with Crippen LogP contribution in [0.5, 0.6) is 0 Å². The quantitative estimate of drug-likeness (QED) is 0.683. The Hall–Kier alpha value is -1.82. The molecule has 0 saturated carbocycles. The second kappa shape index (κ2) is 5.01. The molecule has 4 N–H and O–H groups in total. The predicted molar refractivity (Wildman–Crippen MR) is 62.7 cm³/mol. The van der Waals surface area contributed by atoms with Crippen molar-refractivity contribution < 1.29 is 19.4 Å². The van der Waals surface area contributed by atoms with E-state index in [1.165, 1.54) is 0 Å². The van der Waals surface area contributed by atoms with Crippen molar-refractivity contribution in [1.82, 2.24) is 0 Å². The van der Waals surface area contributed by atoms with Crippen LogP contribution in [0.3, 0.4) is 0 Å². The van der Waals surface area contributed by atoms with Crippen LogP contribution in [-0.4, -0.2) is 35.9 Å². The minimum atomic E-state index is -1.36. The normalized spacial score (nSPS) is 12.2. The molecule has 0 aliphatic rings. The number of anilines is 2. The number of carboxylic acids is 1. The van der Waals surface area contributed by atoms with E-state index in [1.807, 2.05) is 0 Å². The van der Waals surface area contributed by atoms with E-state index in [-0.39, 0.29) is 12.2 Å². The molecule has 0 spiro atoms. The first-order valence-corrected chi connectivity index (χ1v) is 5.04. The number of nitrogen functional groups attached to an aromatic ring is 1. The molecule has 0 aliphatic carbocycles. The van der Waals surface area contributed by atoms with E-state index in [2.05, 4.69) is 0 Å². The molecule has 0 bridgehead atoms. The average molecular weight is 242 g/mol. The fourth-order valence-electron chi connectivity index (χ4n) is 1.57. The van der Waals surface area contributed by atoms with E-state index in [0.717, 1.165) is 12.1 Å². The van der Waals surface area contributed by atoms with Gasteiger partial charge < -0.3 is 20.8 Å². The molecule has 17 heavy (non-hydrogen) atoms. The Morgan fingerprint density at radius 2 is 2.18 bits per heavy atom. The van der Waals surface area contributed by atoms with Crippen LogP contribution in [0, 0.1) is 5.82 Å². The number of hydrogen-bond donors (Lipinski definition) is 3. The van der Waals surface area contributed by atoms with Crippen molar-refractivity contribution in [2.75, 3.05) is 24.2 Å². The van der Waals surface area contributed by atoms with Gasteiger partial charge in [0.05, 0.1) is 23.0 Å². The predicted octanol–water partition coefficient (Wildman–Crippen LogP) is 0.923. The fourth-order valence-corrected chi connectivity index (χ4v) is 1.57. The van der Waals surface area contributed by atoms with Gasteiger partial charge in [0.2, 0.25) is 0 Å². The molecule has 0 amide bonds. The molecule has 6 heteroatoms. The lowest BCUT2D eigenvalue weighted by atomic mass is 10.1. The number of carbonyl (C=O) groups is 1. The van der Waals surface area contributed by atoms with Gasteiger partial charge in [0, 0.05) is 19.7 Å². The molecule has 0 heterocycles. The van der Waals surface area contributed by atoms with Crippen LogP contribution in [0.2, 0.25) is 0 Å². The molecule has 0 saturated heterocycles. The third-order valence-electron chi connectivity index (χ3n) is 2.30. The molecule has 1 unspecified atom stereocenters. The Balaban J connectivity index is 3.11. The second-order valence-electron chi connectivity index (χ2n) is 3.93. The summed E-state index contributed by atoms with van der Waals surface area (Å²) in [4.78, 5) is 12.2. The summed E-state index contributed by atoms with van der Waals surface area (Å²) in [5.74, 6) is -2.21. The van der Waals surface area contributed by atoms with Gasteiger partial charge in [-0.05, 0) is 13.0 Å². The Morgan fingerprint density at radius 1 is 1.59 bits per heavy atom. The lowest BCUT2D eigenvalue weighted by molar-refractivity contribution is 0.0692. The highest BCUT2D eigenvalue weighted by molar-refractivity contribution is 5.90. The standard InChI is InChI=1S/C11H15FN2O3/c1-6(15)5-14(2)10-4-8(12)7(11(16)17)3-9(10)13/h3-4,6,15H,5,13H2,1-2H3,(H,16,17). The van der Waals surface area contributed by atoms with Gasteiger partial charge >= 0.3 is 5.97 Å². The van der Waals surface area contributed by atoms with Crippen molar-refractivity contribution in [3.8, 4) is 0 Å². The lowest BCUT2D eigenvalue weighted by Crippen LogP contribution is -2.27. The van der Waals surface area contributed by atoms with Crippen molar-refractivity contribution in [1.29, 1.82) is 0 Å².